The first kappa shape index (κ1) is 14.7. The van der Waals surface area contributed by atoms with Gasteiger partial charge in [-0.3, -0.25) is 4.79 Å². The van der Waals surface area contributed by atoms with Crippen molar-refractivity contribution in [3.05, 3.63) is 34.9 Å². The van der Waals surface area contributed by atoms with Gasteiger partial charge < -0.3 is 10.6 Å². The van der Waals surface area contributed by atoms with E-state index >= 15 is 0 Å². The van der Waals surface area contributed by atoms with Crippen molar-refractivity contribution >= 4 is 5.91 Å². The maximum Gasteiger partial charge on any atom is 0.222 e. The van der Waals surface area contributed by atoms with Gasteiger partial charge in [-0.2, -0.15) is 0 Å². The highest BCUT2D eigenvalue weighted by molar-refractivity contribution is 5.75. The van der Waals surface area contributed by atoms with Gasteiger partial charge in [-0.15, -0.1) is 0 Å². The number of benzene rings is 1. The molecule has 1 amide bonds. The molecule has 0 fully saturated rings. The van der Waals surface area contributed by atoms with Gasteiger partial charge >= 0.3 is 0 Å². The molecule has 2 N–H and O–H groups in total. The average Bonchev–Trinajstić information content (AvgIpc) is 2.30. The van der Waals surface area contributed by atoms with Crippen LogP contribution in [-0.4, -0.2) is 23.9 Å². The number of amides is 1. The van der Waals surface area contributed by atoms with Crippen LogP contribution in [0.15, 0.2) is 18.2 Å². The molecule has 0 spiro atoms. The summed E-state index contributed by atoms with van der Waals surface area (Å²) in [6.45, 7) is 6.78. The van der Waals surface area contributed by atoms with Crippen LogP contribution in [0.2, 0.25) is 0 Å². The van der Waals surface area contributed by atoms with Crippen LogP contribution in [0.25, 0.3) is 0 Å². The molecule has 0 bridgehead atoms. The first-order valence-corrected chi connectivity index (χ1v) is 6.46. The number of rotatable bonds is 5. The minimum atomic E-state index is 0.0870. The third-order valence-electron chi connectivity index (χ3n) is 3.23. The lowest BCUT2D eigenvalue weighted by atomic mass is 10.1. The molecule has 3 heteroatoms. The van der Waals surface area contributed by atoms with Gasteiger partial charge in [0.2, 0.25) is 5.91 Å². The van der Waals surface area contributed by atoms with Crippen molar-refractivity contribution in [3.63, 3.8) is 0 Å². The van der Waals surface area contributed by atoms with E-state index in [4.69, 9.17) is 5.73 Å². The second-order valence-corrected chi connectivity index (χ2v) is 5.18. The predicted molar refractivity (Wildman–Crippen MR) is 75.3 cm³/mol. The normalized spacial score (nSPS) is 12.3. The zero-order chi connectivity index (χ0) is 13.7. The summed E-state index contributed by atoms with van der Waals surface area (Å²) in [6, 6.07) is 6.41. The van der Waals surface area contributed by atoms with Crippen LogP contribution < -0.4 is 5.73 Å². The van der Waals surface area contributed by atoms with Crippen molar-refractivity contribution in [2.45, 2.75) is 46.2 Å². The van der Waals surface area contributed by atoms with Crippen LogP contribution in [0, 0.1) is 13.8 Å². The van der Waals surface area contributed by atoms with Gasteiger partial charge in [0, 0.05) is 26.1 Å². The Labute approximate surface area is 110 Å². The number of carbonyl (C=O) groups excluding carboxylic acids is 1. The summed E-state index contributed by atoms with van der Waals surface area (Å²) >= 11 is 0. The monoisotopic (exact) mass is 248 g/mol. The van der Waals surface area contributed by atoms with E-state index in [2.05, 4.69) is 32.0 Å². The van der Waals surface area contributed by atoms with Crippen LogP contribution in [0.1, 0.15) is 36.5 Å². The zero-order valence-electron chi connectivity index (χ0n) is 11.9. The van der Waals surface area contributed by atoms with Crippen molar-refractivity contribution in [3.8, 4) is 0 Å². The van der Waals surface area contributed by atoms with Crippen LogP contribution in [0.3, 0.4) is 0 Å². The Bertz CT molecular complexity index is 413. The molecule has 1 rings (SSSR count). The quantitative estimate of drug-likeness (QED) is 0.869. The average molecular weight is 248 g/mol. The van der Waals surface area contributed by atoms with E-state index in [0.29, 0.717) is 13.0 Å². The number of nitrogens with zero attached hydrogens (tertiary/aromatic N) is 1. The molecule has 1 aromatic rings. The molecule has 0 aliphatic carbocycles. The smallest absolute Gasteiger partial charge is 0.222 e. The first-order chi connectivity index (χ1) is 8.40. The first-order valence-electron chi connectivity index (χ1n) is 6.46. The highest BCUT2D eigenvalue weighted by atomic mass is 16.2. The number of carbonyl (C=O) groups is 1. The second-order valence-electron chi connectivity index (χ2n) is 5.18. The standard InChI is InChI=1S/C15H24N2O/c1-11-5-7-14(9-12(11)2)10-17(4)15(18)8-6-13(3)16/h5,7,9,13H,6,8,10,16H2,1-4H3. The summed E-state index contributed by atoms with van der Waals surface area (Å²) in [4.78, 5) is 13.6. The molecule has 0 heterocycles. The minimum Gasteiger partial charge on any atom is -0.341 e. The molecule has 18 heavy (non-hydrogen) atoms. The van der Waals surface area contributed by atoms with Crippen LogP contribution in [-0.2, 0) is 11.3 Å². The molecule has 1 atom stereocenters. The van der Waals surface area contributed by atoms with E-state index in [0.717, 1.165) is 6.42 Å². The highest BCUT2D eigenvalue weighted by Gasteiger charge is 2.10. The third-order valence-corrected chi connectivity index (χ3v) is 3.23. The molecular formula is C15H24N2O. The number of aryl methyl sites for hydroxylation is 2. The van der Waals surface area contributed by atoms with Gasteiger partial charge in [0.15, 0.2) is 0 Å². The molecule has 3 nitrogen and oxygen atoms in total. The van der Waals surface area contributed by atoms with E-state index in [1.54, 1.807) is 4.90 Å². The van der Waals surface area contributed by atoms with E-state index in [9.17, 15) is 4.79 Å². The Balaban J connectivity index is 2.55. The summed E-state index contributed by atoms with van der Waals surface area (Å²) in [5.41, 5.74) is 9.38. The van der Waals surface area contributed by atoms with E-state index < -0.39 is 0 Å². The number of nitrogens with two attached hydrogens (primary N) is 1. The lowest BCUT2D eigenvalue weighted by Crippen LogP contribution is -2.28. The third kappa shape index (κ3) is 4.49. The number of hydrogen-bond acceptors (Lipinski definition) is 2. The maximum absolute atomic E-state index is 11.9. The Hall–Kier alpha value is -1.35. The van der Waals surface area contributed by atoms with Gasteiger partial charge in [0.05, 0.1) is 0 Å². The Kier molecular flexibility index (Phi) is 5.35. The molecule has 1 aromatic carbocycles. The van der Waals surface area contributed by atoms with Crippen LogP contribution >= 0.6 is 0 Å². The van der Waals surface area contributed by atoms with Crippen molar-refractivity contribution in [1.29, 1.82) is 0 Å². The van der Waals surface area contributed by atoms with Gasteiger partial charge in [0.25, 0.3) is 0 Å². The van der Waals surface area contributed by atoms with Crippen molar-refractivity contribution < 1.29 is 4.79 Å². The summed E-state index contributed by atoms with van der Waals surface area (Å²) in [5, 5.41) is 0. The predicted octanol–water partition coefficient (Wildman–Crippen LogP) is 2.39. The Morgan fingerprint density at radius 3 is 2.56 bits per heavy atom. The maximum atomic E-state index is 11.9. The summed E-state index contributed by atoms with van der Waals surface area (Å²) < 4.78 is 0. The second kappa shape index (κ2) is 6.55. The molecule has 0 aliphatic heterocycles. The van der Waals surface area contributed by atoms with E-state index in [-0.39, 0.29) is 11.9 Å². The van der Waals surface area contributed by atoms with E-state index in [1.807, 2.05) is 14.0 Å². The largest absolute Gasteiger partial charge is 0.341 e. The molecule has 1 unspecified atom stereocenters. The molecule has 0 saturated heterocycles. The topological polar surface area (TPSA) is 46.3 Å². The molecule has 0 radical (unpaired) electrons. The lowest BCUT2D eigenvalue weighted by molar-refractivity contribution is -0.130. The van der Waals surface area contributed by atoms with Gasteiger partial charge in [-0.05, 0) is 43.9 Å². The van der Waals surface area contributed by atoms with Gasteiger partial charge in [0.1, 0.15) is 0 Å². The van der Waals surface area contributed by atoms with Gasteiger partial charge in [-0.25, -0.2) is 0 Å². The van der Waals surface area contributed by atoms with Crippen molar-refractivity contribution in [2.75, 3.05) is 7.05 Å². The van der Waals surface area contributed by atoms with Crippen LogP contribution in [0.4, 0.5) is 0 Å². The SMILES string of the molecule is Cc1ccc(CN(C)C(=O)CCC(C)N)cc1C. The summed E-state index contributed by atoms with van der Waals surface area (Å²) in [5.74, 6) is 0.158. The molecule has 0 saturated carbocycles. The lowest BCUT2D eigenvalue weighted by Gasteiger charge is -2.18. The van der Waals surface area contributed by atoms with Crippen LogP contribution in [0.5, 0.6) is 0 Å². The van der Waals surface area contributed by atoms with E-state index in [1.165, 1.54) is 16.7 Å². The number of hydrogen-bond donors (Lipinski definition) is 1. The summed E-state index contributed by atoms with van der Waals surface area (Å²) in [7, 11) is 1.85. The summed E-state index contributed by atoms with van der Waals surface area (Å²) in [6.07, 6.45) is 1.27. The molecular weight excluding hydrogens is 224 g/mol. The zero-order valence-corrected chi connectivity index (χ0v) is 11.9. The highest BCUT2D eigenvalue weighted by Crippen LogP contribution is 2.12. The van der Waals surface area contributed by atoms with Crippen molar-refractivity contribution in [1.82, 2.24) is 4.90 Å². The molecule has 0 aliphatic rings. The molecule has 0 aromatic heterocycles. The van der Waals surface area contributed by atoms with Crippen molar-refractivity contribution in [2.24, 2.45) is 5.73 Å². The fourth-order valence-corrected chi connectivity index (χ4v) is 1.81. The Morgan fingerprint density at radius 1 is 1.33 bits per heavy atom. The fraction of sp³-hybridized carbons (Fsp3) is 0.533. The van der Waals surface area contributed by atoms with Gasteiger partial charge in [-0.1, -0.05) is 18.2 Å². The molecule has 100 valence electrons. The minimum absolute atomic E-state index is 0.0870. The Morgan fingerprint density at radius 2 is 2.00 bits per heavy atom. The fourth-order valence-electron chi connectivity index (χ4n) is 1.81.